The van der Waals surface area contributed by atoms with Gasteiger partial charge in [0.2, 0.25) is 0 Å². The van der Waals surface area contributed by atoms with Crippen molar-refractivity contribution < 1.29 is 9.90 Å². The maximum absolute atomic E-state index is 10.5. The Morgan fingerprint density at radius 2 is 2.07 bits per heavy atom. The van der Waals surface area contributed by atoms with Crippen molar-refractivity contribution in [1.82, 2.24) is 5.32 Å². The Labute approximate surface area is 96.7 Å². The Morgan fingerprint density at radius 3 is 2.57 bits per heavy atom. The molecule has 0 saturated carbocycles. The summed E-state index contributed by atoms with van der Waals surface area (Å²) in [6.07, 6.45) is 0. The summed E-state index contributed by atoms with van der Waals surface area (Å²) in [5.74, 6) is -0.824. The van der Waals surface area contributed by atoms with Gasteiger partial charge in [0.05, 0.1) is 0 Å². The minimum Gasteiger partial charge on any atom is -0.480 e. The number of hydrogen-bond donors (Lipinski definition) is 2. The van der Waals surface area contributed by atoms with Crippen LogP contribution in [-0.2, 0) is 11.3 Å². The number of benzene rings is 1. The van der Waals surface area contributed by atoms with E-state index < -0.39 is 12.0 Å². The smallest absolute Gasteiger partial charge is 0.320 e. The second-order valence-electron chi connectivity index (χ2n) is 3.07. The summed E-state index contributed by atoms with van der Waals surface area (Å²) < 4.78 is 1.18. The molecule has 0 aliphatic heterocycles. The molecule has 0 spiro atoms. The maximum atomic E-state index is 10.5. The van der Waals surface area contributed by atoms with Crippen molar-refractivity contribution in [2.45, 2.75) is 19.5 Å². The Balaban J connectivity index is 2.46. The number of carbonyl (C=O) groups is 1. The first kappa shape index (κ1) is 11.5. The lowest BCUT2D eigenvalue weighted by atomic mass is 10.2. The molecule has 1 atom stereocenters. The molecule has 0 fully saturated rings. The molecule has 0 aromatic heterocycles. The van der Waals surface area contributed by atoms with E-state index in [0.29, 0.717) is 6.54 Å². The summed E-state index contributed by atoms with van der Waals surface area (Å²) in [5.41, 5.74) is 1.10. The number of carboxylic acid groups (broad SMARTS) is 1. The molecule has 1 aromatic rings. The molecule has 0 aliphatic carbocycles. The summed E-state index contributed by atoms with van der Waals surface area (Å²) in [5, 5.41) is 11.6. The average Bonchev–Trinajstić information content (AvgIpc) is 2.16. The van der Waals surface area contributed by atoms with Gasteiger partial charge >= 0.3 is 5.97 Å². The lowest BCUT2D eigenvalue weighted by Gasteiger charge is -2.08. The predicted octanol–water partition coefficient (Wildman–Crippen LogP) is 1.85. The van der Waals surface area contributed by atoms with Gasteiger partial charge in [-0.15, -0.1) is 0 Å². The Morgan fingerprint density at radius 1 is 1.50 bits per heavy atom. The van der Waals surface area contributed by atoms with Crippen molar-refractivity contribution in [3.8, 4) is 0 Å². The molecule has 0 heterocycles. The van der Waals surface area contributed by atoms with Crippen molar-refractivity contribution in [2.24, 2.45) is 0 Å². The number of carboxylic acids is 1. The number of hydrogen-bond acceptors (Lipinski definition) is 2. The fraction of sp³-hybridized carbons (Fsp3) is 0.300. The topological polar surface area (TPSA) is 49.3 Å². The summed E-state index contributed by atoms with van der Waals surface area (Å²) in [6, 6.07) is 7.48. The first-order chi connectivity index (χ1) is 6.59. The second-order valence-corrected chi connectivity index (χ2v) is 4.31. The van der Waals surface area contributed by atoms with Gasteiger partial charge in [-0.1, -0.05) is 12.1 Å². The van der Waals surface area contributed by atoms with E-state index in [1.807, 2.05) is 24.3 Å². The molecule has 0 radical (unpaired) electrons. The quantitative estimate of drug-likeness (QED) is 0.835. The highest BCUT2D eigenvalue weighted by atomic mass is 127. The van der Waals surface area contributed by atoms with Crippen LogP contribution in [0.25, 0.3) is 0 Å². The number of halogens is 1. The van der Waals surface area contributed by atoms with Crippen LogP contribution in [0.4, 0.5) is 0 Å². The van der Waals surface area contributed by atoms with Crippen molar-refractivity contribution in [3.05, 3.63) is 33.4 Å². The lowest BCUT2D eigenvalue weighted by Crippen LogP contribution is -2.33. The molecule has 0 unspecified atom stereocenters. The van der Waals surface area contributed by atoms with Crippen molar-refractivity contribution in [1.29, 1.82) is 0 Å². The van der Waals surface area contributed by atoms with E-state index in [9.17, 15) is 4.79 Å². The van der Waals surface area contributed by atoms with Gasteiger partial charge in [0.1, 0.15) is 6.04 Å². The molecule has 76 valence electrons. The van der Waals surface area contributed by atoms with Crippen molar-refractivity contribution in [3.63, 3.8) is 0 Å². The van der Waals surface area contributed by atoms with Gasteiger partial charge in [0, 0.05) is 10.1 Å². The van der Waals surface area contributed by atoms with Gasteiger partial charge in [-0.2, -0.15) is 0 Å². The van der Waals surface area contributed by atoms with Gasteiger partial charge in [0.25, 0.3) is 0 Å². The van der Waals surface area contributed by atoms with E-state index in [-0.39, 0.29) is 0 Å². The third kappa shape index (κ3) is 3.63. The molecule has 4 heteroatoms. The minimum atomic E-state index is -0.824. The van der Waals surface area contributed by atoms with Crippen LogP contribution >= 0.6 is 22.6 Å². The Hall–Kier alpha value is -0.620. The lowest BCUT2D eigenvalue weighted by molar-refractivity contribution is -0.139. The molecular weight excluding hydrogens is 293 g/mol. The minimum absolute atomic E-state index is 0.505. The van der Waals surface area contributed by atoms with E-state index >= 15 is 0 Å². The van der Waals surface area contributed by atoms with Crippen LogP contribution < -0.4 is 5.32 Å². The van der Waals surface area contributed by atoms with Gasteiger partial charge in [-0.3, -0.25) is 4.79 Å². The molecule has 1 rings (SSSR count). The summed E-state index contributed by atoms with van der Waals surface area (Å²) >= 11 is 2.23. The zero-order valence-corrected chi connectivity index (χ0v) is 9.98. The summed E-state index contributed by atoms with van der Waals surface area (Å²) in [4.78, 5) is 10.5. The molecular formula is C10H12INO2. The van der Waals surface area contributed by atoms with E-state index in [2.05, 4.69) is 27.9 Å². The molecule has 1 aromatic carbocycles. The standard InChI is InChI=1S/C10H12INO2/c1-7(10(13)14)12-6-8-2-4-9(11)5-3-8/h2-5,7,12H,6H2,1H3,(H,13,14)/t7-/m1/s1. The molecule has 0 amide bonds. The number of nitrogens with one attached hydrogen (secondary N) is 1. The first-order valence-electron chi connectivity index (χ1n) is 4.30. The van der Waals surface area contributed by atoms with Gasteiger partial charge in [-0.05, 0) is 47.2 Å². The molecule has 0 aliphatic rings. The number of aliphatic carboxylic acids is 1. The van der Waals surface area contributed by atoms with E-state index in [1.165, 1.54) is 3.57 Å². The van der Waals surface area contributed by atoms with Crippen LogP contribution in [0, 0.1) is 3.57 Å². The van der Waals surface area contributed by atoms with Crippen LogP contribution in [-0.4, -0.2) is 17.1 Å². The fourth-order valence-electron chi connectivity index (χ4n) is 0.961. The van der Waals surface area contributed by atoms with Gasteiger partial charge < -0.3 is 10.4 Å². The maximum Gasteiger partial charge on any atom is 0.320 e. The predicted molar refractivity (Wildman–Crippen MR) is 63.1 cm³/mol. The monoisotopic (exact) mass is 305 g/mol. The zero-order chi connectivity index (χ0) is 10.6. The zero-order valence-electron chi connectivity index (χ0n) is 7.83. The molecule has 2 N–H and O–H groups in total. The second kappa shape index (κ2) is 5.31. The summed E-state index contributed by atoms with van der Waals surface area (Å²) in [7, 11) is 0. The highest BCUT2D eigenvalue weighted by molar-refractivity contribution is 14.1. The third-order valence-corrected chi connectivity index (χ3v) is 2.62. The molecule has 0 saturated heterocycles. The van der Waals surface area contributed by atoms with E-state index in [4.69, 9.17) is 5.11 Å². The van der Waals surface area contributed by atoms with Crippen LogP contribution in [0.2, 0.25) is 0 Å². The summed E-state index contributed by atoms with van der Waals surface area (Å²) in [6.45, 7) is 2.22. The van der Waals surface area contributed by atoms with Crippen LogP contribution in [0.3, 0.4) is 0 Å². The average molecular weight is 305 g/mol. The third-order valence-electron chi connectivity index (χ3n) is 1.90. The number of rotatable bonds is 4. The van der Waals surface area contributed by atoms with Crippen molar-refractivity contribution >= 4 is 28.6 Å². The highest BCUT2D eigenvalue weighted by Gasteiger charge is 2.08. The molecule has 14 heavy (non-hydrogen) atoms. The van der Waals surface area contributed by atoms with Gasteiger partial charge in [-0.25, -0.2) is 0 Å². The van der Waals surface area contributed by atoms with Crippen LogP contribution in [0.1, 0.15) is 12.5 Å². The first-order valence-corrected chi connectivity index (χ1v) is 5.38. The van der Waals surface area contributed by atoms with Crippen LogP contribution in [0.5, 0.6) is 0 Å². The van der Waals surface area contributed by atoms with Crippen LogP contribution in [0.15, 0.2) is 24.3 Å². The fourth-order valence-corrected chi connectivity index (χ4v) is 1.32. The largest absolute Gasteiger partial charge is 0.480 e. The Bertz CT molecular complexity index is 310. The van der Waals surface area contributed by atoms with Crippen molar-refractivity contribution in [2.75, 3.05) is 0 Å². The van der Waals surface area contributed by atoms with Gasteiger partial charge in [0.15, 0.2) is 0 Å². The van der Waals surface area contributed by atoms with E-state index in [0.717, 1.165) is 5.56 Å². The SMILES string of the molecule is C[C@@H](NCc1ccc(I)cc1)C(=O)O. The molecule has 0 bridgehead atoms. The normalized spacial score (nSPS) is 12.4. The Kier molecular flexibility index (Phi) is 4.34. The molecule has 3 nitrogen and oxygen atoms in total. The van der Waals surface area contributed by atoms with E-state index in [1.54, 1.807) is 6.92 Å². The highest BCUT2D eigenvalue weighted by Crippen LogP contribution is 2.06.